The van der Waals surface area contributed by atoms with Gasteiger partial charge in [0, 0.05) is 16.3 Å². The van der Waals surface area contributed by atoms with Gasteiger partial charge in [0.25, 0.3) is 0 Å². The number of hydrogen-bond acceptors (Lipinski definition) is 7. The molecule has 0 saturated carbocycles. The zero-order valence-electron chi connectivity index (χ0n) is 13.7. The van der Waals surface area contributed by atoms with E-state index in [0.717, 1.165) is 17.0 Å². The monoisotopic (exact) mass is 383 g/mol. The fraction of sp³-hybridized carbons (Fsp3) is 0.111. The van der Waals surface area contributed by atoms with Crippen molar-refractivity contribution < 1.29 is 12.6 Å². The summed E-state index contributed by atoms with van der Waals surface area (Å²) in [7, 11) is -3.11. The van der Waals surface area contributed by atoms with Gasteiger partial charge in [-0.15, -0.1) is 12.6 Å². The third-order valence-electron chi connectivity index (χ3n) is 3.52. The molecule has 8 heteroatoms. The average Bonchev–Trinajstić information content (AvgIpc) is 2.63. The maximum atomic E-state index is 8.88. The summed E-state index contributed by atoms with van der Waals surface area (Å²) in [5.41, 5.74) is 3.38. The Kier molecular flexibility index (Phi) is 6.56. The fourth-order valence-electron chi connectivity index (χ4n) is 2.54. The number of fused-ring (bicyclic) bond motifs is 2. The van der Waals surface area contributed by atoms with Crippen LogP contribution < -0.4 is 4.90 Å². The molecule has 6 nitrogen and oxygen atoms in total. The van der Waals surface area contributed by atoms with Crippen LogP contribution in [0, 0.1) is 22.7 Å². The lowest BCUT2D eigenvalue weighted by molar-refractivity contribution is 0.559. The van der Waals surface area contributed by atoms with Crippen LogP contribution in [0.5, 0.6) is 0 Å². The smallest absolute Gasteiger partial charge is 0.340 e. The van der Waals surface area contributed by atoms with Crippen LogP contribution in [0.3, 0.4) is 0 Å². The Bertz CT molecular complexity index is 1030. The van der Waals surface area contributed by atoms with E-state index in [0.29, 0.717) is 0 Å². The van der Waals surface area contributed by atoms with Crippen LogP contribution in [0.4, 0.5) is 11.4 Å². The molecule has 0 fully saturated rings. The highest BCUT2D eigenvalue weighted by Gasteiger charge is 2.21. The van der Waals surface area contributed by atoms with Crippen LogP contribution in [0.15, 0.2) is 57.8 Å². The lowest BCUT2D eigenvalue weighted by atomic mass is 10.1. The molecule has 0 saturated heterocycles. The summed E-state index contributed by atoms with van der Waals surface area (Å²) in [5, 5.41) is 17.8. The second kappa shape index (κ2) is 8.86. The molecule has 0 amide bonds. The van der Waals surface area contributed by atoms with Crippen molar-refractivity contribution in [1.29, 1.82) is 10.5 Å². The van der Waals surface area contributed by atoms with Crippen molar-refractivity contribution in [3.05, 3.63) is 53.6 Å². The normalized spacial score (nSPS) is 10.8. The average molecular weight is 383 g/mol. The number of rotatable bonds is 2. The molecule has 3 rings (SSSR count). The molecule has 0 aromatic heterocycles. The number of anilines is 2. The van der Waals surface area contributed by atoms with E-state index in [-0.39, 0.29) is 5.57 Å². The largest absolute Gasteiger partial charge is 0.425 e. The molecule has 0 N–H and O–H groups in total. The van der Waals surface area contributed by atoms with E-state index in [1.807, 2.05) is 30.3 Å². The minimum Gasteiger partial charge on any atom is -0.340 e. The zero-order valence-corrected chi connectivity index (χ0v) is 15.3. The topological polar surface area (TPSA) is 102 Å². The second-order valence-corrected chi connectivity index (χ2v) is 6.52. The summed E-state index contributed by atoms with van der Waals surface area (Å²) in [5.74, 6) is 0. The predicted molar refractivity (Wildman–Crippen MR) is 98.6 cm³/mol. The maximum Gasteiger partial charge on any atom is 0.425 e. The predicted octanol–water partition coefficient (Wildman–Crippen LogP) is 3.74. The molecule has 0 unspecified atom stereocenters. The van der Waals surface area contributed by atoms with Crippen molar-refractivity contribution >= 4 is 39.8 Å². The fourth-order valence-corrected chi connectivity index (χ4v) is 3.68. The van der Waals surface area contributed by atoms with E-state index in [1.54, 1.807) is 17.8 Å². The third-order valence-corrected chi connectivity index (χ3v) is 4.63. The van der Waals surface area contributed by atoms with Gasteiger partial charge in [-0.2, -0.15) is 10.5 Å². The quantitative estimate of drug-likeness (QED) is 0.728. The van der Waals surface area contributed by atoms with Gasteiger partial charge >= 0.3 is 10.6 Å². The van der Waals surface area contributed by atoms with E-state index in [2.05, 4.69) is 36.1 Å². The zero-order chi connectivity index (χ0) is 19.1. The van der Waals surface area contributed by atoms with Gasteiger partial charge in [0.05, 0.1) is 11.4 Å². The highest BCUT2D eigenvalue weighted by molar-refractivity contribution is 7.99. The Morgan fingerprint density at radius 2 is 1.69 bits per heavy atom. The Labute approximate surface area is 157 Å². The first-order chi connectivity index (χ1) is 12.5. The number of nitriles is 2. The Morgan fingerprint density at radius 3 is 2.31 bits per heavy atom. The summed E-state index contributed by atoms with van der Waals surface area (Å²) in [6.45, 7) is 3.02. The van der Waals surface area contributed by atoms with Crippen LogP contribution in [-0.2, 0) is 10.6 Å². The van der Waals surface area contributed by atoms with E-state index >= 15 is 0 Å². The molecule has 0 atom stereocenters. The van der Waals surface area contributed by atoms with Crippen molar-refractivity contribution in [3.63, 3.8) is 0 Å². The first-order valence-electron chi connectivity index (χ1n) is 7.47. The van der Waals surface area contributed by atoms with Gasteiger partial charge in [-0.1, -0.05) is 30.0 Å². The van der Waals surface area contributed by atoms with E-state index in [1.165, 1.54) is 16.3 Å². The highest BCUT2D eigenvalue weighted by atomic mass is 32.2. The van der Waals surface area contributed by atoms with Crippen molar-refractivity contribution in [2.75, 3.05) is 11.4 Å². The van der Waals surface area contributed by atoms with Crippen LogP contribution in [0.1, 0.15) is 12.5 Å². The minimum atomic E-state index is -3.11. The summed E-state index contributed by atoms with van der Waals surface area (Å²) in [6, 6.07) is 18.2. The van der Waals surface area contributed by atoms with E-state index < -0.39 is 10.6 Å². The van der Waals surface area contributed by atoms with E-state index in [4.69, 9.17) is 23.2 Å². The molecule has 2 aromatic carbocycles. The lowest BCUT2D eigenvalue weighted by Gasteiger charge is -2.32. The molecule has 0 aliphatic carbocycles. The molecular weight excluding hydrogens is 370 g/mol. The standard InChI is InChI=1S/C18H13N3S.O3S/c1-2-21-15-5-3-4-6-17(15)22-18-10-13(7-8-16(18)21)9-14(11-19)12-20;1-4(2)3/h3-10H,2H2,1H3;. The van der Waals surface area contributed by atoms with E-state index in [9.17, 15) is 0 Å². The first-order valence-corrected chi connectivity index (χ1v) is 9.29. The third kappa shape index (κ3) is 4.51. The Morgan fingerprint density at radius 1 is 1.08 bits per heavy atom. The molecule has 0 bridgehead atoms. The van der Waals surface area contributed by atoms with Gasteiger partial charge in [-0.05, 0) is 42.8 Å². The van der Waals surface area contributed by atoms with Gasteiger partial charge in [0.15, 0.2) is 0 Å². The van der Waals surface area contributed by atoms with Crippen LogP contribution in [0.25, 0.3) is 6.08 Å². The maximum absolute atomic E-state index is 8.88. The van der Waals surface area contributed by atoms with Crippen molar-refractivity contribution in [2.45, 2.75) is 16.7 Å². The molecule has 1 aliphatic rings. The molecular formula is C18H13N3O3S2. The summed E-state index contributed by atoms with van der Waals surface area (Å²) < 4.78 is 25.3. The molecule has 26 heavy (non-hydrogen) atoms. The molecule has 2 aromatic rings. The molecule has 1 heterocycles. The lowest BCUT2D eigenvalue weighted by Crippen LogP contribution is -2.19. The number of nitrogens with zero attached hydrogens (tertiary/aromatic N) is 3. The van der Waals surface area contributed by atoms with Crippen molar-refractivity contribution in [3.8, 4) is 12.1 Å². The van der Waals surface area contributed by atoms with Crippen molar-refractivity contribution in [2.24, 2.45) is 0 Å². The van der Waals surface area contributed by atoms with Crippen molar-refractivity contribution in [1.82, 2.24) is 0 Å². The van der Waals surface area contributed by atoms with Gasteiger partial charge in [0.2, 0.25) is 0 Å². The van der Waals surface area contributed by atoms with Gasteiger partial charge in [0.1, 0.15) is 17.7 Å². The van der Waals surface area contributed by atoms with Gasteiger partial charge < -0.3 is 4.90 Å². The summed E-state index contributed by atoms with van der Waals surface area (Å²) in [6.07, 6.45) is 1.62. The van der Waals surface area contributed by atoms with Crippen LogP contribution >= 0.6 is 11.8 Å². The highest BCUT2D eigenvalue weighted by Crippen LogP contribution is 2.48. The first kappa shape index (κ1) is 19.3. The van der Waals surface area contributed by atoms with Gasteiger partial charge in [-0.25, -0.2) is 0 Å². The Balaban J connectivity index is 0.000000552. The number of para-hydroxylation sites is 1. The molecule has 130 valence electrons. The summed E-state index contributed by atoms with van der Waals surface area (Å²) >= 11 is 1.72. The second-order valence-electron chi connectivity index (χ2n) is 5.03. The molecule has 0 radical (unpaired) electrons. The number of benzene rings is 2. The Hall–Kier alpha value is -3.07. The SMILES string of the molecule is CCN1c2ccccc2Sc2cc(C=C(C#N)C#N)ccc21.O=S(=O)=O. The minimum absolute atomic E-state index is 0.119. The molecule has 1 aliphatic heterocycles. The van der Waals surface area contributed by atoms with Crippen LogP contribution in [0.2, 0.25) is 0 Å². The van der Waals surface area contributed by atoms with Crippen LogP contribution in [-0.4, -0.2) is 19.2 Å². The number of allylic oxidation sites excluding steroid dienone is 1. The van der Waals surface area contributed by atoms with Gasteiger partial charge in [-0.3, -0.25) is 0 Å². The number of hydrogen-bond donors (Lipinski definition) is 0. The molecule has 0 spiro atoms. The summed E-state index contributed by atoms with van der Waals surface area (Å²) in [4.78, 5) is 4.65.